The Labute approximate surface area is 137 Å². The molecule has 2 N–H and O–H groups in total. The van der Waals surface area contributed by atoms with Gasteiger partial charge in [0.05, 0.1) is 17.6 Å². The van der Waals surface area contributed by atoms with Crippen molar-refractivity contribution < 1.29 is 24.4 Å². The highest BCUT2D eigenvalue weighted by Crippen LogP contribution is 2.36. The lowest BCUT2D eigenvalue weighted by Crippen LogP contribution is -2.30. The molecule has 1 aromatic rings. The maximum Gasteiger partial charge on any atom is 0.329 e. The number of amides is 3. The van der Waals surface area contributed by atoms with Crippen LogP contribution in [0.1, 0.15) is 12.5 Å². The zero-order valence-corrected chi connectivity index (χ0v) is 12.8. The van der Waals surface area contributed by atoms with E-state index in [0.717, 1.165) is 23.1 Å². The third-order valence-electron chi connectivity index (χ3n) is 3.17. The van der Waals surface area contributed by atoms with Crippen LogP contribution in [0.2, 0.25) is 0 Å². The van der Waals surface area contributed by atoms with Crippen molar-refractivity contribution in [3.63, 3.8) is 0 Å². The summed E-state index contributed by atoms with van der Waals surface area (Å²) in [6, 6.07) is 1.53. The summed E-state index contributed by atoms with van der Waals surface area (Å²) in [6.07, 6.45) is 2.55. The largest absolute Gasteiger partial charge is 0.504 e. The molecule has 1 aliphatic heterocycles. The molecule has 1 saturated heterocycles. The van der Waals surface area contributed by atoms with Crippen molar-refractivity contribution >= 4 is 23.7 Å². The molecule has 1 aromatic carbocycles. The first-order chi connectivity index (χ1) is 11.4. The Kier molecular flexibility index (Phi) is 4.83. The van der Waals surface area contributed by atoms with Crippen LogP contribution in [0.4, 0.5) is 10.5 Å². The molecule has 1 fully saturated rings. The Hall–Kier alpha value is -3.36. The van der Waals surface area contributed by atoms with Crippen LogP contribution in [0, 0.1) is 10.1 Å². The summed E-state index contributed by atoms with van der Waals surface area (Å²) >= 11 is 0. The molecule has 0 atom stereocenters. The lowest BCUT2D eigenvalue weighted by Gasteiger charge is -2.09. The van der Waals surface area contributed by atoms with Gasteiger partial charge in [0.25, 0.3) is 11.6 Å². The van der Waals surface area contributed by atoms with E-state index >= 15 is 0 Å². The number of nitrogens with one attached hydrogen (secondary N) is 1. The minimum atomic E-state index is -0.650. The van der Waals surface area contributed by atoms with E-state index in [4.69, 9.17) is 4.74 Å². The van der Waals surface area contributed by atoms with Crippen LogP contribution in [-0.4, -0.2) is 40.0 Å². The number of nitrogens with zero attached hydrogens (tertiary/aromatic N) is 2. The second-order valence-electron chi connectivity index (χ2n) is 4.76. The number of non-ortho nitro benzene ring substituents is 1. The zero-order chi connectivity index (χ0) is 17.9. The van der Waals surface area contributed by atoms with Gasteiger partial charge in [-0.25, -0.2) is 4.79 Å². The van der Waals surface area contributed by atoms with Crippen LogP contribution in [-0.2, 0) is 4.79 Å². The average Bonchev–Trinajstić information content (AvgIpc) is 2.79. The van der Waals surface area contributed by atoms with Gasteiger partial charge in [0.15, 0.2) is 11.5 Å². The zero-order valence-electron chi connectivity index (χ0n) is 12.8. The van der Waals surface area contributed by atoms with Crippen LogP contribution < -0.4 is 10.1 Å². The van der Waals surface area contributed by atoms with Crippen molar-refractivity contribution in [3.05, 3.63) is 46.2 Å². The fourth-order valence-electron chi connectivity index (χ4n) is 2.12. The van der Waals surface area contributed by atoms with Gasteiger partial charge in [-0.1, -0.05) is 6.08 Å². The van der Waals surface area contributed by atoms with Crippen molar-refractivity contribution in [1.82, 2.24) is 10.2 Å². The number of benzene rings is 1. The van der Waals surface area contributed by atoms with Crippen molar-refractivity contribution in [2.75, 3.05) is 13.2 Å². The predicted molar refractivity (Wildman–Crippen MR) is 84.3 cm³/mol. The molecule has 2 rings (SSSR count). The van der Waals surface area contributed by atoms with E-state index in [1.807, 2.05) is 0 Å². The molecule has 0 spiro atoms. The topological polar surface area (TPSA) is 122 Å². The molecule has 126 valence electrons. The summed E-state index contributed by atoms with van der Waals surface area (Å²) in [4.78, 5) is 35.1. The monoisotopic (exact) mass is 333 g/mol. The Balaban J connectivity index is 2.48. The highest BCUT2D eigenvalue weighted by Gasteiger charge is 2.33. The molecule has 0 bridgehead atoms. The molecule has 0 aromatic heterocycles. The number of nitro groups is 1. The molecular formula is C15H15N3O6. The molecule has 9 heteroatoms. The molecule has 0 aliphatic carbocycles. The van der Waals surface area contributed by atoms with Gasteiger partial charge in [-0.2, -0.15) is 0 Å². The number of hydrogen-bond donors (Lipinski definition) is 2. The van der Waals surface area contributed by atoms with Crippen molar-refractivity contribution in [3.8, 4) is 11.5 Å². The number of aromatic hydroxyl groups is 1. The first kappa shape index (κ1) is 17.0. The summed E-state index contributed by atoms with van der Waals surface area (Å²) in [7, 11) is 0. The molecule has 3 amide bonds. The summed E-state index contributed by atoms with van der Waals surface area (Å²) in [6.45, 7) is 5.32. The number of nitro benzene ring substituents is 1. The summed E-state index contributed by atoms with van der Waals surface area (Å²) in [5.41, 5.74) is -0.445. The van der Waals surface area contributed by atoms with Crippen LogP contribution in [0.5, 0.6) is 11.5 Å². The molecule has 0 radical (unpaired) electrons. The van der Waals surface area contributed by atoms with Gasteiger partial charge < -0.3 is 15.2 Å². The number of phenolic OH excluding ortho intramolecular Hbond substituents is 1. The number of imide groups is 1. The van der Waals surface area contributed by atoms with E-state index in [9.17, 15) is 24.8 Å². The summed E-state index contributed by atoms with van der Waals surface area (Å²) in [5.74, 6) is -1.07. The minimum absolute atomic E-state index is 0.0169. The molecule has 0 unspecified atom stereocenters. The fourth-order valence-corrected chi connectivity index (χ4v) is 2.12. The van der Waals surface area contributed by atoms with Gasteiger partial charge in [0.1, 0.15) is 5.70 Å². The summed E-state index contributed by atoms with van der Waals surface area (Å²) in [5, 5.41) is 23.5. The smallest absolute Gasteiger partial charge is 0.329 e. The second-order valence-corrected chi connectivity index (χ2v) is 4.76. The highest BCUT2D eigenvalue weighted by molar-refractivity contribution is 6.14. The van der Waals surface area contributed by atoms with Crippen molar-refractivity contribution in [2.45, 2.75) is 6.92 Å². The van der Waals surface area contributed by atoms with Crippen LogP contribution in [0.15, 0.2) is 30.5 Å². The number of phenols is 1. The normalized spacial score (nSPS) is 15.5. The lowest BCUT2D eigenvalue weighted by atomic mass is 10.1. The van der Waals surface area contributed by atoms with Gasteiger partial charge in [0, 0.05) is 18.2 Å². The Morgan fingerprint density at radius 2 is 2.17 bits per heavy atom. The maximum absolute atomic E-state index is 12.1. The third kappa shape index (κ3) is 3.19. The SMILES string of the molecule is C=CCN1C(=O)N/C(=C/c2cc([N+](=O)[O-])cc(OCC)c2O)C1=O. The Bertz CT molecular complexity index is 756. The summed E-state index contributed by atoms with van der Waals surface area (Å²) < 4.78 is 5.16. The van der Waals surface area contributed by atoms with Crippen molar-refractivity contribution in [2.24, 2.45) is 0 Å². The number of hydrogen-bond acceptors (Lipinski definition) is 6. The number of carbonyl (C=O) groups excluding carboxylic acids is 2. The van der Waals surface area contributed by atoms with E-state index in [0.29, 0.717) is 0 Å². The predicted octanol–water partition coefficient (Wildman–Crippen LogP) is 1.78. The highest BCUT2D eigenvalue weighted by atomic mass is 16.6. The van der Waals surface area contributed by atoms with Crippen molar-refractivity contribution in [1.29, 1.82) is 0 Å². The quantitative estimate of drug-likeness (QED) is 0.269. The number of urea groups is 1. The van der Waals surface area contributed by atoms with Gasteiger partial charge >= 0.3 is 6.03 Å². The first-order valence-electron chi connectivity index (χ1n) is 6.98. The maximum atomic E-state index is 12.1. The average molecular weight is 333 g/mol. The van der Waals surface area contributed by atoms with Crippen LogP contribution in [0.3, 0.4) is 0 Å². The molecule has 1 aliphatic rings. The van der Waals surface area contributed by atoms with E-state index in [1.54, 1.807) is 6.92 Å². The van der Waals surface area contributed by atoms with E-state index in [-0.39, 0.29) is 41.6 Å². The minimum Gasteiger partial charge on any atom is -0.504 e. The molecule has 9 nitrogen and oxygen atoms in total. The van der Waals surface area contributed by atoms with Crippen LogP contribution >= 0.6 is 0 Å². The Morgan fingerprint density at radius 1 is 1.46 bits per heavy atom. The first-order valence-corrected chi connectivity index (χ1v) is 6.98. The number of rotatable bonds is 6. The van der Waals surface area contributed by atoms with Gasteiger partial charge in [-0.3, -0.25) is 19.8 Å². The molecule has 24 heavy (non-hydrogen) atoms. The van der Waals surface area contributed by atoms with E-state index in [1.165, 1.54) is 6.08 Å². The number of carbonyl (C=O) groups is 2. The van der Waals surface area contributed by atoms with Crippen LogP contribution in [0.25, 0.3) is 6.08 Å². The Morgan fingerprint density at radius 3 is 2.75 bits per heavy atom. The van der Waals surface area contributed by atoms with Gasteiger partial charge in [-0.15, -0.1) is 6.58 Å². The van der Waals surface area contributed by atoms with Gasteiger partial charge in [0.2, 0.25) is 0 Å². The molecule has 0 saturated carbocycles. The lowest BCUT2D eigenvalue weighted by molar-refractivity contribution is -0.385. The second kappa shape index (κ2) is 6.82. The van der Waals surface area contributed by atoms with E-state index in [2.05, 4.69) is 11.9 Å². The fraction of sp³-hybridized carbons (Fsp3) is 0.200. The standard InChI is InChI=1S/C15H15N3O6/c1-3-5-17-14(20)11(16-15(17)21)7-9-6-10(18(22)23)8-12(13(9)19)24-4-2/h3,6-8,19H,1,4-5H2,2H3,(H,16,21)/b11-7+. The van der Waals surface area contributed by atoms with E-state index < -0.39 is 16.9 Å². The third-order valence-corrected chi connectivity index (χ3v) is 3.17. The van der Waals surface area contributed by atoms with Gasteiger partial charge in [-0.05, 0) is 13.0 Å². The molecular weight excluding hydrogens is 318 g/mol. The number of ether oxygens (including phenoxy) is 1. The molecule has 1 heterocycles.